The second kappa shape index (κ2) is 7.19. The highest BCUT2D eigenvalue weighted by Gasteiger charge is 2.14. The number of hydrogen-bond donors (Lipinski definition) is 2. The third-order valence-electron chi connectivity index (χ3n) is 4.05. The number of ether oxygens (including phenoxy) is 1. The summed E-state index contributed by atoms with van der Waals surface area (Å²) in [5.74, 6) is 6.26. The Labute approximate surface area is 152 Å². The van der Waals surface area contributed by atoms with Crippen molar-refractivity contribution in [3.05, 3.63) is 53.5 Å². The molecule has 3 rings (SSSR count). The molecule has 0 bridgehead atoms. The number of fused-ring (bicyclic) bond motifs is 1. The van der Waals surface area contributed by atoms with E-state index in [2.05, 4.69) is 27.4 Å². The minimum Gasteiger partial charge on any atom is -0.383 e. The highest BCUT2D eigenvalue weighted by Crippen LogP contribution is 2.28. The molecule has 0 saturated heterocycles. The van der Waals surface area contributed by atoms with Crippen molar-refractivity contribution in [1.29, 1.82) is 0 Å². The maximum atomic E-state index is 13.2. The van der Waals surface area contributed by atoms with Gasteiger partial charge in [-0.2, -0.15) is 5.10 Å². The molecule has 0 aliphatic heterocycles. The summed E-state index contributed by atoms with van der Waals surface area (Å²) in [6.07, 6.45) is 0. The Morgan fingerprint density at radius 2 is 1.96 bits per heavy atom. The van der Waals surface area contributed by atoms with E-state index in [9.17, 15) is 4.39 Å². The van der Waals surface area contributed by atoms with E-state index >= 15 is 0 Å². The van der Waals surface area contributed by atoms with Crippen LogP contribution in [0.5, 0.6) is 0 Å². The number of halogens is 1. The minimum absolute atomic E-state index is 0.266. The van der Waals surface area contributed by atoms with Gasteiger partial charge in [0.2, 0.25) is 0 Å². The van der Waals surface area contributed by atoms with Gasteiger partial charge in [0.1, 0.15) is 5.82 Å². The molecule has 0 spiro atoms. The molecular weight excluding hydrogens is 329 g/mol. The highest BCUT2D eigenvalue weighted by molar-refractivity contribution is 5.88. The van der Waals surface area contributed by atoms with Crippen molar-refractivity contribution >= 4 is 22.3 Å². The Balaban J connectivity index is 2.05. The number of anilines is 2. The summed E-state index contributed by atoms with van der Waals surface area (Å²) < 4.78 is 18.4. The summed E-state index contributed by atoms with van der Waals surface area (Å²) in [6, 6.07) is 10.2. The summed E-state index contributed by atoms with van der Waals surface area (Å²) in [7, 11) is 1.67. The number of aromatic amines is 1. The quantitative estimate of drug-likeness (QED) is 0.665. The molecule has 3 aromatic rings. The van der Waals surface area contributed by atoms with Gasteiger partial charge in [0.15, 0.2) is 0 Å². The molecule has 26 heavy (non-hydrogen) atoms. The molecule has 0 atom stereocenters. The third kappa shape index (κ3) is 4.04. The van der Waals surface area contributed by atoms with Crippen LogP contribution >= 0.6 is 0 Å². The van der Waals surface area contributed by atoms with Crippen LogP contribution in [0.25, 0.3) is 10.9 Å². The van der Waals surface area contributed by atoms with Crippen LogP contribution in [0.1, 0.15) is 25.1 Å². The zero-order chi connectivity index (χ0) is 18.7. The first-order valence-corrected chi connectivity index (χ1v) is 8.41. The second-order valence-electron chi connectivity index (χ2n) is 6.96. The Kier molecular flexibility index (Phi) is 4.97. The SMILES string of the molecule is COCC(C)(C)C#Cc1cc2n[nH]c(C)c2cc1Nc1ccc(F)cc1. The van der Waals surface area contributed by atoms with E-state index in [0.29, 0.717) is 6.61 Å². The van der Waals surface area contributed by atoms with Gasteiger partial charge in [-0.15, -0.1) is 0 Å². The average molecular weight is 351 g/mol. The number of H-pyrrole nitrogens is 1. The van der Waals surface area contributed by atoms with E-state index in [1.165, 1.54) is 12.1 Å². The molecule has 0 aliphatic rings. The van der Waals surface area contributed by atoms with Crippen LogP contribution in [0.15, 0.2) is 36.4 Å². The number of hydrogen-bond acceptors (Lipinski definition) is 3. The molecule has 0 aliphatic carbocycles. The van der Waals surface area contributed by atoms with Crippen LogP contribution in [0.4, 0.5) is 15.8 Å². The monoisotopic (exact) mass is 351 g/mol. The molecule has 0 radical (unpaired) electrons. The standard InChI is InChI=1S/C21H22FN3O/c1-14-18-12-19(23-17-7-5-16(22)6-8-17)15(11-20(18)25-24-14)9-10-21(2,3)13-26-4/h5-8,11-12,23H,13H2,1-4H3,(H,24,25). The first-order chi connectivity index (χ1) is 12.4. The normalized spacial score (nSPS) is 11.3. The molecule has 1 aromatic heterocycles. The van der Waals surface area contributed by atoms with E-state index in [0.717, 1.165) is 33.5 Å². The van der Waals surface area contributed by atoms with E-state index in [1.54, 1.807) is 19.2 Å². The van der Waals surface area contributed by atoms with E-state index in [4.69, 9.17) is 4.74 Å². The minimum atomic E-state index is -0.266. The fourth-order valence-electron chi connectivity index (χ4n) is 2.71. The molecule has 0 unspecified atom stereocenters. The maximum Gasteiger partial charge on any atom is 0.123 e. The predicted molar refractivity (Wildman–Crippen MR) is 103 cm³/mol. The maximum absolute atomic E-state index is 13.2. The first kappa shape index (κ1) is 18.0. The molecule has 2 N–H and O–H groups in total. The molecule has 1 heterocycles. The molecule has 5 heteroatoms. The van der Waals surface area contributed by atoms with E-state index in [-0.39, 0.29) is 11.2 Å². The lowest BCUT2D eigenvalue weighted by molar-refractivity contribution is 0.137. The smallest absolute Gasteiger partial charge is 0.123 e. The van der Waals surface area contributed by atoms with Crippen LogP contribution in [0.3, 0.4) is 0 Å². The lowest BCUT2D eigenvalue weighted by Gasteiger charge is -2.15. The van der Waals surface area contributed by atoms with Crippen LogP contribution < -0.4 is 5.32 Å². The van der Waals surface area contributed by atoms with Gasteiger partial charge in [-0.05, 0) is 57.2 Å². The number of nitrogens with one attached hydrogen (secondary N) is 2. The summed E-state index contributed by atoms with van der Waals surface area (Å²) in [5.41, 5.74) is 4.07. The number of nitrogens with zero attached hydrogens (tertiary/aromatic N) is 1. The van der Waals surface area contributed by atoms with Crippen molar-refractivity contribution < 1.29 is 9.13 Å². The molecular formula is C21H22FN3O. The number of methoxy groups -OCH3 is 1. The van der Waals surface area contributed by atoms with Crippen molar-refractivity contribution in [3.8, 4) is 11.8 Å². The van der Waals surface area contributed by atoms with Crippen molar-refractivity contribution in [2.24, 2.45) is 5.41 Å². The van der Waals surface area contributed by atoms with Gasteiger partial charge in [-0.1, -0.05) is 11.8 Å². The molecule has 134 valence electrons. The van der Waals surface area contributed by atoms with Gasteiger partial charge in [0.05, 0.1) is 23.4 Å². The number of aryl methyl sites for hydroxylation is 1. The van der Waals surface area contributed by atoms with Gasteiger partial charge in [0, 0.05) is 29.3 Å². The number of aromatic nitrogens is 2. The van der Waals surface area contributed by atoms with Gasteiger partial charge >= 0.3 is 0 Å². The van der Waals surface area contributed by atoms with E-state index < -0.39 is 0 Å². The summed E-state index contributed by atoms with van der Waals surface area (Å²) in [4.78, 5) is 0. The van der Waals surface area contributed by atoms with Crippen LogP contribution in [-0.4, -0.2) is 23.9 Å². The fraction of sp³-hybridized carbons (Fsp3) is 0.286. The number of benzene rings is 2. The van der Waals surface area contributed by atoms with E-state index in [1.807, 2.05) is 32.9 Å². The second-order valence-corrected chi connectivity index (χ2v) is 6.96. The molecule has 4 nitrogen and oxygen atoms in total. The van der Waals surface area contributed by atoms with Crippen molar-refractivity contribution in [2.45, 2.75) is 20.8 Å². The molecule has 2 aromatic carbocycles. The molecule has 0 amide bonds. The van der Waals surface area contributed by atoms with Crippen LogP contribution in [0, 0.1) is 30.0 Å². The van der Waals surface area contributed by atoms with Crippen molar-refractivity contribution in [2.75, 3.05) is 19.0 Å². The Morgan fingerprint density at radius 1 is 1.23 bits per heavy atom. The first-order valence-electron chi connectivity index (χ1n) is 8.41. The van der Waals surface area contributed by atoms with Crippen molar-refractivity contribution in [3.63, 3.8) is 0 Å². The average Bonchev–Trinajstić information content (AvgIpc) is 2.95. The topological polar surface area (TPSA) is 49.9 Å². The summed E-state index contributed by atoms with van der Waals surface area (Å²) >= 11 is 0. The Bertz CT molecular complexity index is 978. The summed E-state index contributed by atoms with van der Waals surface area (Å²) in [6.45, 7) is 6.59. The lowest BCUT2D eigenvalue weighted by atomic mass is 9.95. The van der Waals surface area contributed by atoms with Crippen molar-refractivity contribution in [1.82, 2.24) is 10.2 Å². The molecule has 0 saturated carbocycles. The highest BCUT2D eigenvalue weighted by atomic mass is 19.1. The van der Waals surface area contributed by atoms with Crippen LogP contribution in [0.2, 0.25) is 0 Å². The Hall–Kier alpha value is -2.84. The van der Waals surface area contributed by atoms with Gasteiger partial charge in [-0.25, -0.2) is 4.39 Å². The Morgan fingerprint density at radius 3 is 2.65 bits per heavy atom. The van der Waals surface area contributed by atoms with Gasteiger partial charge in [-0.3, -0.25) is 5.10 Å². The summed E-state index contributed by atoms with van der Waals surface area (Å²) in [5, 5.41) is 11.7. The van der Waals surface area contributed by atoms with Gasteiger partial charge in [0.25, 0.3) is 0 Å². The largest absolute Gasteiger partial charge is 0.383 e. The predicted octanol–water partition coefficient (Wildman–Crippen LogP) is 4.78. The zero-order valence-corrected chi connectivity index (χ0v) is 15.4. The van der Waals surface area contributed by atoms with Crippen LogP contribution in [-0.2, 0) is 4.74 Å². The fourth-order valence-corrected chi connectivity index (χ4v) is 2.71. The molecule has 0 fully saturated rings. The number of rotatable bonds is 4. The third-order valence-corrected chi connectivity index (χ3v) is 4.05. The lowest BCUT2D eigenvalue weighted by Crippen LogP contribution is -2.15. The van der Waals surface area contributed by atoms with Gasteiger partial charge < -0.3 is 10.1 Å². The zero-order valence-electron chi connectivity index (χ0n) is 15.4.